The molecule has 0 unspecified atom stereocenters. The first-order valence-corrected chi connectivity index (χ1v) is 20.1. The van der Waals surface area contributed by atoms with Gasteiger partial charge in [0.05, 0.1) is 33.8 Å². The second-order valence-corrected chi connectivity index (χ2v) is 15.9. The van der Waals surface area contributed by atoms with Gasteiger partial charge in [0.2, 0.25) is 0 Å². The van der Waals surface area contributed by atoms with Gasteiger partial charge in [-0.2, -0.15) is 0 Å². The van der Waals surface area contributed by atoms with Crippen LogP contribution in [0, 0.1) is 0 Å². The van der Waals surface area contributed by atoms with Crippen LogP contribution in [0.15, 0.2) is 199 Å². The number of aliphatic imine (C=N–C) groups is 2. The van der Waals surface area contributed by atoms with Gasteiger partial charge >= 0.3 is 0 Å². The molecule has 0 atom stereocenters. The van der Waals surface area contributed by atoms with Gasteiger partial charge in [0, 0.05) is 37.4 Å². The monoisotopic (exact) mass is 833 g/mol. The van der Waals surface area contributed by atoms with Crippen molar-refractivity contribution in [1.29, 1.82) is 0 Å². The molecule has 3 nitrogen and oxygen atoms in total. The first-order chi connectivity index (χ1) is 27.4. The molecule has 8 aromatic rings. The third kappa shape index (κ3) is 6.54. The average molecular weight is 834 g/mol. The van der Waals surface area contributed by atoms with Crippen LogP contribution in [0.2, 0.25) is 0 Å². The summed E-state index contributed by atoms with van der Waals surface area (Å²) < 4.78 is 3.63. The van der Waals surface area contributed by atoms with Gasteiger partial charge in [-0.25, -0.2) is 0 Å². The molecule has 0 amide bonds. The van der Waals surface area contributed by atoms with Crippen LogP contribution >= 0.6 is 22.6 Å². The Hall–Kier alpha value is -6.11. The summed E-state index contributed by atoms with van der Waals surface area (Å²) in [5.74, 6) is 0. The summed E-state index contributed by atoms with van der Waals surface area (Å²) in [6, 6.07) is 62.2. The van der Waals surface area contributed by atoms with Crippen molar-refractivity contribution in [2.75, 3.05) is 0 Å². The number of rotatable bonds is 9. The lowest BCUT2D eigenvalue weighted by Gasteiger charge is -2.24. The lowest BCUT2D eigenvalue weighted by molar-refractivity contribution is 0.741. The van der Waals surface area contributed by atoms with Crippen molar-refractivity contribution in [1.82, 2.24) is 4.57 Å². The smallest absolute Gasteiger partial charge is 0.0696 e. The molecule has 9 rings (SSSR count). The number of para-hydroxylation sites is 1. The Bertz CT molecular complexity index is 2830. The van der Waals surface area contributed by atoms with Crippen molar-refractivity contribution in [3.8, 4) is 16.8 Å². The van der Waals surface area contributed by atoms with E-state index in [2.05, 4.69) is 217 Å². The first kappa shape index (κ1) is 35.6. The van der Waals surface area contributed by atoms with E-state index in [0.717, 1.165) is 56.3 Å². The minimum atomic E-state index is -0.280. The first-order valence-electron chi connectivity index (χ1n) is 19.0. The van der Waals surface area contributed by atoms with Crippen LogP contribution in [0.3, 0.4) is 0 Å². The zero-order valence-corrected chi connectivity index (χ0v) is 33.6. The summed E-state index contributed by atoms with van der Waals surface area (Å²) in [5.41, 5.74) is 15.2. The molecule has 0 saturated carbocycles. The third-order valence-electron chi connectivity index (χ3n) is 10.9. The molecule has 56 heavy (non-hydrogen) atoms. The van der Waals surface area contributed by atoms with E-state index in [1.165, 1.54) is 36.5 Å². The molecule has 7 aromatic carbocycles. The summed E-state index contributed by atoms with van der Waals surface area (Å²) in [5, 5.41) is 2.49. The third-order valence-corrected chi connectivity index (χ3v) is 12.0. The van der Waals surface area contributed by atoms with Crippen molar-refractivity contribution in [2.45, 2.75) is 25.7 Å². The fraction of sp³-hybridized carbons (Fsp3) is 0.0769. The maximum absolute atomic E-state index is 5.25. The van der Waals surface area contributed by atoms with Gasteiger partial charge in [-0.3, -0.25) is 9.98 Å². The molecule has 270 valence electrons. The van der Waals surface area contributed by atoms with E-state index in [0.29, 0.717) is 6.42 Å². The number of aromatic nitrogens is 1. The van der Waals surface area contributed by atoms with Crippen LogP contribution in [-0.2, 0) is 5.41 Å². The van der Waals surface area contributed by atoms with Crippen molar-refractivity contribution in [2.24, 2.45) is 9.98 Å². The second-order valence-electron chi connectivity index (χ2n) is 14.8. The number of hydrogen-bond acceptors (Lipinski definition) is 2. The number of hydrogen-bond donors (Lipinski definition) is 0. The van der Waals surface area contributed by atoms with Gasteiger partial charge in [-0.15, -0.1) is 0 Å². The predicted octanol–water partition coefficient (Wildman–Crippen LogP) is 14.2. The normalized spacial score (nSPS) is 13.9. The SMILES string of the molecule is C=C(/N=C(\C/C=C(/I)c1ccccc1)c1ccccc1)c1ccc(-c2ccc(-n3c4ccccc4c4ccc5c(c43)C(C)(C)C(c3ccccc3)=N5)cc2)cc1. The zero-order chi connectivity index (χ0) is 38.2. The number of fused-ring (bicyclic) bond motifs is 5. The van der Waals surface area contributed by atoms with E-state index in [9.17, 15) is 0 Å². The average Bonchev–Trinajstić information content (AvgIpc) is 3.73. The Morgan fingerprint density at radius 1 is 0.625 bits per heavy atom. The number of allylic oxidation sites excluding steroid dienone is 1. The quantitative estimate of drug-likeness (QED) is 0.102. The molecular formula is C52H40IN3. The summed E-state index contributed by atoms with van der Waals surface area (Å²) >= 11 is 2.41. The van der Waals surface area contributed by atoms with Gasteiger partial charge in [0.15, 0.2) is 0 Å². The highest BCUT2D eigenvalue weighted by atomic mass is 127. The molecule has 0 fully saturated rings. The standard InChI is InChI=1S/C52H40IN3/c1-35(54-46(40-17-9-5-10-18-40)34-32-45(53)39-15-7-4-8-16-39)36-23-25-37(26-24-36)38-27-29-42(30-28-38)56-48-22-14-13-21-43(48)44-31-33-47-49(50(44)56)52(2,3)51(55-47)41-19-11-6-12-20-41/h4-33H,1,34H2,2-3H3/b45-32+,54-46+. The fourth-order valence-electron chi connectivity index (χ4n) is 8.07. The van der Waals surface area contributed by atoms with E-state index in [-0.39, 0.29) is 5.41 Å². The van der Waals surface area contributed by atoms with Gasteiger partial charge in [-0.05, 0) is 94.1 Å². The number of nitrogens with zero attached hydrogens (tertiary/aromatic N) is 3. The van der Waals surface area contributed by atoms with Gasteiger partial charge in [-0.1, -0.05) is 164 Å². The molecule has 0 saturated heterocycles. The van der Waals surface area contributed by atoms with Crippen molar-refractivity contribution >= 4 is 70.8 Å². The molecule has 0 radical (unpaired) electrons. The highest BCUT2D eigenvalue weighted by Crippen LogP contribution is 2.48. The Balaban J connectivity index is 1.02. The molecule has 4 heteroatoms. The minimum absolute atomic E-state index is 0.280. The van der Waals surface area contributed by atoms with Crippen LogP contribution < -0.4 is 0 Å². The lowest BCUT2D eigenvalue weighted by Crippen LogP contribution is -2.27. The molecule has 1 aromatic heterocycles. The highest BCUT2D eigenvalue weighted by molar-refractivity contribution is 14.1. The number of halogens is 1. The lowest BCUT2D eigenvalue weighted by atomic mass is 9.78. The summed E-state index contributed by atoms with van der Waals surface area (Å²) in [7, 11) is 0. The van der Waals surface area contributed by atoms with Gasteiger partial charge in [0.1, 0.15) is 0 Å². The maximum Gasteiger partial charge on any atom is 0.0696 e. The van der Waals surface area contributed by atoms with Crippen LogP contribution in [0.5, 0.6) is 0 Å². The topological polar surface area (TPSA) is 29.6 Å². The summed E-state index contributed by atoms with van der Waals surface area (Å²) in [6.07, 6.45) is 2.94. The van der Waals surface area contributed by atoms with E-state index in [1.807, 2.05) is 12.1 Å². The van der Waals surface area contributed by atoms with Crippen molar-refractivity contribution in [3.05, 3.63) is 216 Å². The Morgan fingerprint density at radius 2 is 1.21 bits per heavy atom. The van der Waals surface area contributed by atoms with Gasteiger partial charge < -0.3 is 4.57 Å². The highest BCUT2D eigenvalue weighted by Gasteiger charge is 2.39. The Labute approximate surface area is 342 Å². The van der Waals surface area contributed by atoms with Crippen molar-refractivity contribution < 1.29 is 0 Å². The molecule has 2 heterocycles. The molecule has 1 aliphatic heterocycles. The van der Waals surface area contributed by atoms with E-state index in [4.69, 9.17) is 9.98 Å². The van der Waals surface area contributed by atoms with E-state index in [1.54, 1.807) is 0 Å². The van der Waals surface area contributed by atoms with Crippen LogP contribution in [0.1, 0.15) is 48.1 Å². The van der Waals surface area contributed by atoms with Crippen molar-refractivity contribution in [3.63, 3.8) is 0 Å². The van der Waals surface area contributed by atoms with Crippen LogP contribution in [-0.4, -0.2) is 16.0 Å². The summed E-state index contributed by atoms with van der Waals surface area (Å²) in [6.45, 7) is 9.02. The molecule has 0 spiro atoms. The second kappa shape index (κ2) is 14.9. The Morgan fingerprint density at radius 3 is 1.89 bits per heavy atom. The summed E-state index contributed by atoms with van der Waals surface area (Å²) in [4.78, 5) is 10.3. The number of benzene rings is 7. The Kier molecular flexibility index (Phi) is 9.44. The van der Waals surface area contributed by atoms with E-state index >= 15 is 0 Å². The van der Waals surface area contributed by atoms with Gasteiger partial charge in [0.25, 0.3) is 0 Å². The molecule has 0 N–H and O–H groups in total. The van der Waals surface area contributed by atoms with Crippen LogP contribution in [0.4, 0.5) is 5.69 Å². The molecular weight excluding hydrogens is 793 g/mol. The fourth-order valence-corrected chi connectivity index (χ4v) is 8.65. The van der Waals surface area contributed by atoms with Crippen LogP contribution in [0.25, 0.3) is 47.9 Å². The zero-order valence-electron chi connectivity index (χ0n) is 31.5. The molecule has 0 aliphatic carbocycles. The predicted molar refractivity (Wildman–Crippen MR) is 247 cm³/mol. The largest absolute Gasteiger partial charge is 0.309 e. The maximum atomic E-state index is 5.25. The molecule has 0 bridgehead atoms. The minimum Gasteiger partial charge on any atom is -0.309 e. The van der Waals surface area contributed by atoms with E-state index < -0.39 is 0 Å². The molecule has 1 aliphatic rings.